The summed E-state index contributed by atoms with van der Waals surface area (Å²) in [4.78, 5) is 12.3. The van der Waals surface area contributed by atoms with Crippen molar-refractivity contribution in [3.8, 4) is 0 Å². The maximum Gasteiger partial charge on any atom is 0.327 e. The molecule has 0 saturated heterocycles. The summed E-state index contributed by atoms with van der Waals surface area (Å²) in [6.45, 7) is 7.50. The van der Waals surface area contributed by atoms with E-state index in [2.05, 4.69) is 26.1 Å². The quantitative estimate of drug-likeness (QED) is 0.495. The van der Waals surface area contributed by atoms with Crippen LogP contribution in [-0.4, -0.2) is 36.7 Å². The van der Waals surface area contributed by atoms with E-state index >= 15 is 0 Å². The highest BCUT2D eigenvalue weighted by Crippen LogP contribution is 2.42. The zero-order valence-corrected chi connectivity index (χ0v) is 13.6. The molecule has 0 spiro atoms. The molecule has 0 heterocycles. The first kappa shape index (κ1) is 16.8. The maximum atomic E-state index is 12.3. The number of rotatable bonds is 10. The summed E-state index contributed by atoms with van der Waals surface area (Å²) >= 11 is 1.89. The van der Waals surface area contributed by atoms with E-state index in [1.807, 2.05) is 11.8 Å². The van der Waals surface area contributed by atoms with Crippen LogP contribution in [0.2, 0.25) is 0 Å². The van der Waals surface area contributed by atoms with Gasteiger partial charge in [-0.25, -0.2) is 0 Å². The lowest BCUT2D eigenvalue weighted by Gasteiger charge is -2.32. The van der Waals surface area contributed by atoms with Gasteiger partial charge in [0.25, 0.3) is 0 Å². The molecule has 1 aliphatic rings. The highest BCUT2D eigenvalue weighted by atomic mass is 32.2. The molecule has 1 saturated carbocycles. The number of hydrogen-bond donors (Lipinski definition) is 1. The van der Waals surface area contributed by atoms with Gasteiger partial charge in [0.2, 0.25) is 0 Å². The standard InChI is InChI=1S/C15H29NO2S/c1-5-9-16-15(13-6-7-13,14(17)18-4)11-19-10-8-12(2)3/h12-13,16H,5-11H2,1-4H3. The van der Waals surface area contributed by atoms with Crippen LogP contribution in [0.5, 0.6) is 0 Å². The fraction of sp³-hybridized carbons (Fsp3) is 0.933. The molecule has 112 valence electrons. The molecule has 1 fully saturated rings. The van der Waals surface area contributed by atoms with Gasteiger partial charge in [0.05, 0.1) is 7.11 Å². The van der Waals surface area contributed by atoms with E-state index in [0.29, 0.717) is 5.92 Å². The van der Waals surface area contributed by atoms with Crippen LogP contribution in [0.4, 0.5) is 0 Å². The number of methoxy groups -OCH3 is 1. The lowest BCUT2D eigenvalue weighted by molar-refractivity contribution is -0.148. The monoisotopic (exact) mass is 287 g/mol. The van der Waals surface area contributed by atoms with Crippen molar-refractivity contribution in [3.63, 3.8) is 0 Å². The lowest BCUT2D eigenvalue weighted by Crippen LogP contribution is -2.57. The third-order valence-corrected chi connectivity index (χ3v) is 4.87. The van der Waals surface area contributed by atoms with Crippen molar-refractivity contribution in [1.29, 1.82) is 0 Å². The van der Waals surface area contributed by atoms with Gasteiger partial charge >= 0.3 is 5.97 Å². The number of ether oxygens (including phenoxy) is 1. The Morgan fingerprint density at radius 2 is 2.16 bits per heavy atom. The van der Waals surface area contributed by atoms with Crippen molar-refractivity contribution in [2.24, 2.45) is 11.8 Å². The van der Waals surface area contributed by atoms with Crippen LogP contribution in [0.3, 0.4) is 0 Å². The molecule has 1 unspecified atom stereocenters. The van der Waals surface area contributed by atoms with E-state index in [-0.39, 0.29) is 5.97 Å². The molecule has 1 atom stereocenters. The minimum atomic E-state index is -0.438. The van der Waals surface area contributed by atoms with Crippen molar-refractivity contribution >= 4 is 17.7 Å². The largest absolute Gasteiger partial charge is 0.468 e. The summed E-state index contributed by atoms with van der Waals surface area (Å²) < 4.78 is 5.08. The Hall–Kier alpha value is -0.220. The average Bonchev–Trinajstić information content (AvgIpc) is 3.22. The van der Waals surface area contributed by atoms with Crippen molar-refractivity contribution < 1.29 is 9.53 Å². The second-order valence-electron chi connectivity index (χ2n) is 5.90. The highest BCUT2D eigenvalue weighted by molar-refractivity contribution is 7.99. The molecule has 0 amide bonds. The predicted octanol–water partition coefficient (Wildman–Crippen LogP) is 3.09. The minimum absolute atomic E-state index is 0.0690. The predicted molar refractivity (Wildman–Crippen MR) is 82.5 cm³/mol. The Bertz CT molecular complexity index is 279. The molecule has 1 aliphatic carbocycles. The fourth-order valence-electron chi connectivity index (χ4n) is 2.27. The third-order valence-electron chi connectivity index (χ3n) is 3.68. The molecular weight excluding hydrogens is 258 g/mol. The second-order valence-corrected chi connectivity index (χ2v) is 7.00. The molecule has 0 radical (unpaired) electrons. The smallest absolute Gasteiger partial charge is 0.327 e. The van der Waals surface area contributed by atoms with Crippen LogP contribution in [-0.2, 0) is 9.53 Å². The Kier molecular flexibility index (Phi) is 7.22. The summed E-state index contributed by atoms with van der Waals surface area (Å²) in [6, 6.07) is 0. The molecule has 0 aliphatic heterocycles. The fourth-order valence-corrected chi connectivity index (χ4v) is 3.83. The molecule has 4 heteroatoms. The van der Waals surface area contributed by atoms with Gasteiger partial charge in [-0.3, -0.25) is 4.79 Å². The zero-order chi connectivity index (χ0) is 14.3. The van der Waals surface area contributed by atoms with E-state index in [9.17, 15) is 4.79 Å². The van der Waals surface area contributed by atoms with Crippen LogP contribution in [0.25, 0.3) is 0 Å². The van der Waals surface area contributed by atoms with Gasteiger partial charge in [-0.2, -0.15) is 11.8 Å². The number of thioether (sulfide) groups is 1. The number of esters is 1. The Balaban J connectivity index is 2.58. The van der Waals surface area contributed by atoms with Gasteiger partial charge in [0, 0.05) is 5.75 Å². The van der Waals surface area contributed by atoms with E-state index in [1.165, 1.54) is 13.5 Å². The van der Waals surface area contributed by atoms with E-state index in [0.717, 1.165) is 43.2 Å². The maximum absolute atomic E-state index is 12.3. The van der Waals surface area contributed by atoms with Crippen LogP contribution in [0.1, 0.15) is 46.5 Å². The Labute approximate surface area is 122 Å². The number of carbonyl (C=O) groups excluding carboxylic acids is 1. The molecule has 1 N–H and O–H groups in total. The molecule has 1 rings (SSSR count). The molecule has 19 heavy (non-hydrogen) atoms. The summed E-state index contributed by atoms with van der Waals surface area (Å²) in [5, 5.41) is 3.49. The topological polar surface area (TPSA) is 38.3 Å². The first-order chi connectivity index (χ1) is 9.06. The van der Waals surface area contributed by atoms with Crippen molar-refractivity contribution in [1.82, 2.24) is 5.32 Å². The Morgan fingerprint density at radius 1 is 1.47 bits per heavy atom. The van der Waals surface area contributed by atoms with Gasteiger partial charge in [-0.15, -0.1) is 0 Å². The van der Waals surface area contributed by atoms with Gasteiger partial charge < -0.3 is 10.1 Å². The van der Waals surface area contributed by atoms with Crippen LogP contribution in [0, 0.1) is 11.8 Å². The summed E-state index contributed by atoms with van der Waals surface area (Å²) in [7, 11) is 1.51. The third kappa shape index (κ3) is 4.99. The lowest BCUT2D eigenvalue weighted by atomic mass is 9.95. The first-order valence-corrected chi connectivity index (χ1v) is 8.63. The average molecular weight is 287 g/mol. The normalized spacial score (nSPS) is 18.4. The zero-order valence-electron chi connectivity index (χ0n) is 12.8. The molecule has 0 aromatic rings. The van der Waals surface area contributed by atoms with Crippen molar-refractivity contribution in [3.05, 3.63) is 0 Å². The summed E-state index contributed by atoms with van der Waals surface area (Å²) in [5.41, 5.74) is -0.438. The minimum Gasteiger partial charge on any atom is -0.468 e. The SMILES string of the molecule is CCCNC(CSCCC(C)C)(C(=O)OC)C1CC1. The van der Waals surface area contributed by atoms with Crippen LogP contribution >= 0.6 is 11.8 Å². The van der Waals surface area contributed by atoms with Gasteiger partial charge in [0.1, 0.15) is 5.54 Å². The van der Waals surface area contributed by atoms with Crippen molar-refractivity contribution in [2.45, 2.75) is 52.0 Å². The van der Waals surface area contributed by atoms with Crippen LogP contribution < -0.4 is 5.32 Å². The molecule has 3 nitrogen and oxygen atoms in total. The van der Waals surface area contributed by atoms with Gasteiger partial charge in [-0.1, -0.05) is 20.8 Å². The second kappa shape index (κ2) is 8.15. The summed E-state index contributed by atoms with van der Waals surface area (Å²) in [5.74, 6) is 3.09. The Morgan fingerprint density at radius 3 is 2.63 bits per heavy atom. The first-order valence-electron chi connectivity index (χ1n) is 7.48. The van der Waals surface area contributed by atoms with Crippen molar-refractivity contribution in [2.75, 3.05) is 25.2 Å². The molecular formula is C15H29NO2S. The van der Waals surface area contributed by atoms with Gasteiger partial charge in [0.15, 0.2) is 0 Å². The molecule has 0 aromatic heterocycles. The highest BCUT2D eigenvalue weighted by Gasteiger charge is 2.51. The van der Waals surface area contributed by atoms with E-state index in [1.54, 1.807) is 0 Å². The molecule has 0 aromatic carbocycles. The number of nitrogens with one attached hydrogen (secondary N) is 1. The van der Waals surface area contributed by atoms with E-state index in [4.69, 9.17) is 4.74 Å². The van der Waals surface area contributed by atoms with Crippen LogP contribution in [0.15, 0.2) is 0 Å². The van der Waals surface area contributed by atoms with Gasteiger partial charge in [-0.05, 0) is 49.8 Å². The number of carbonyl (C=O) groups is 1. The number of hydrogen-bond acceptors (Lipinski definition) is 4. The summed E-state index contributed by atoms with van der Waals surface area (Å²) in [6.07, 6.45) is 4.55. The molecule has 0 bridgehead atoms. The van der Waals surface area contributed by atoms with E-state index < -0.39 is 5.54 Å².